The van der Waals surface area contributed by atoms with Crippen LogP contribution in [0.4, 0.5) is 9.93 Å². The summed E-state index contributed by atoms with van der Waals surface area (Å²) in [4.78, 5) is 24.3. The predicted octanol–water partition coefficient (Wildman–Crippen LogP) is 2.09. The Hall–Kier alpha value is -2.62. The van der Waals surface area contributed by atoms with E-state index >= 15 is 0 Å². The number of hydrogen-bond donors (Lipinski definition) is 4. The summed E-state index contributed by atoms with van der Waals surface area (Å²) < 4.78 is 0.946. The molecule has 2 aromatic heterocycles. The Kier molecular flexibility index (Phi) is 5.12. The fourth-order valence-electron chi connectivity index (χ4n) is 2.29. The maximum atomic E-state index is 11.6. The SMILES string of the molecule is CCNC(=O)Nc1nc2cc(-c3cnc(C(C)(O)CO)nc3)ccc2s1. The Morgan fingerprint density at radius 3 is 2.65 bits per heavy atom. The number of nitrogens with zero attached hydrogens (tertiary/aromatic N) is 3. The maximum absolute atomic E-state index is 11.6. The molecular weight excluding hydrogens is 354 g/mol. The van der Waals surface area contributed by atoms with E-state index < -0.39 is 12.2 Å². The van der Waals surface area contributed by atoms with Crippen molar-refractivity contribution >= 4 is 32.7 Å². The van der Waals surface area contributed by atoms with E-state index in [0.29, 0.717) is 11.7 Å². The largest absolute Gasteiger partial charge is 0.393 e. The van der Waals surface area contributed by atoms with Gasteiger partial charge < -0.3 is 15.5 Å². The molecule has 1 atom stereocenters. The van der Waals surface area contributed by atoms with Gasteiger partial charge in [-0.3, -0.25) is 5.32 Å². The molecule has 0 aliphatic rings. The summed E-state index contributed by atoms with van der Waals surface area (Å²) in [5.41, 5.74) is 0.903. The van der Waals surface area contributed by atoms with Crippen molar-refractivity contribution in [2.75, 3.05) is 18.5 Å². The van der Waals surface area contributed by atoms with Gasteiger partial charge in [-0.05, 0) is 31.5 Å². The highest BCUT2D eigenvalue weighted by molar-refractivity contribution is 7.22. The lowest BCUT2D eigenvalue weighted by Crippen LogP contribution is -2.28. The molecule has 0 aliphatic heterocycles. The summed E-state index contributed by atoms with van der Waals surface area (Å²) in [6.07, 6.45) is 3.18. The minimum absolute atomic E-state index is 0.159. The van der Waals surface area contributed by atoms with Crippen molar-refractivity contribution < 1.29 is 15.0 Å². The molecule has 0 radical (unpaired) electrons. The minimum Gasteiger partial charge on any atom is -0.393 e. The first-order valence-electron chi connectivity index (χ1n) is 8.04. The van der Waals surface area contributed by atoms with E-state index in [1.807, 2.05) is 25.1 Å². The summed E-state index contributed by atoms with van der Waals surface area (Å²) in [6, 6.07) is 5.44. The fraction of sp³-hybridized carbons (Fsp3) is 0.294. The van der Waals surface area contributed by atoms with Crippen molar-refractivity contribution in [1.82, 2.24) is 20.3 Å². The van der Waals surface area contributed by atoms with Crippen LogP contribution in [0.5, 0.6) is 0 Å². The van der Waals surface area contributed by atoms with Crippen LogP contribution in [0.1, 0.15) is 19.7 Å². The smallest absolute Gasteiger partial charge is 0.321 e. The van der Waals surface area contributed by atoms with Crippen LogP contribution in [-0.2, 0) is 5.60 Å². The van der Waals surface area contributed by atoms with Gasteiger partial charge in [-0.15, -0.1) is 0 Å². The van der Waals surface area contributed by atoms with E-state index in [-0.39, 0.29) is 11.9 Å². The Bertz CT molecular complexity index is 924. The summed E-state index contributed by atoms with van der Waals surface area (Å²) in [5.74, 6) is 0.159. The van der Waals surface area contributed by atoms with Crippen molar-refractivity contribution in [2.45, 2.75) is 19.4 Å². The molecule has 9 heteroatoms. The second-order valence-electron chi connectivity index (χ2n) is 5.91. The molecule has 0 spiro atoms. The standard InChI is InChI=1S/C17H19N5O3S/c1-3-18-15(24)22-16-21-12-6-10(4-5-13(12)26-16)11-7-19-14(20-8-11)17(2,25)9-23/h4-8,23,25H,3,9H2,1-2H3,(H2,18,21,22,24). The summed E-state index contributed by atoms with van der Waals surface area (Å²) in [6.45, 7) is 3.38. The van der Waals surface area contributed by atoms with Gasteiger partial charge in [0.15, 0.2) is 11.0 Å². The number of amides is 2. The third-order valence-electron chi connectivity index (χ3n) is 3.72. The van der Waals surface area contributed by atoms with Gasteiger partial charge in [-0.2, -0.15) is 0 Å². The molecule has 1 aromatic carbocycles. The molecule has 0 saturated heterocycles. The molecule has 8 nitrogen and oxygen atoms in total. The number of carbonyl (C=O) groups excluding carboxylic acids is 1. The van der Waals surface area contributed by atoms with Gasteiger partial charge in [-0.1, -0.05) is 17.4 Å². The van der Waals surface area contributed by atoms with Crippen LogP contribution in [0.2, 0.25) is 0 Å². The number of fused-ring (bicyclic) bond motifs is 1. The number of carbonyl (C=O) groups is 1. The van der Waals surface area contributed by atoms with Gasteiger partial charge in [0.1, 0.15) is 5.60 Å². The van der Waals surface area contributed by atoms with Crippen molar-refractivity contribution in [1.29, 1.82) is 0 Å². The number of urea groups is 1. The summed E-state index contributed by atoms with van der Waals surface area (Å²) in [5, 5.41) is 25.1. The predicted molar refractivity (Wildman–Crippen MR) is 100.0 cm³/mol. The molecule has 3 rings (SSSR count). The maximum Gasteiger partial charge on any atom is 0.321 e. The summed E-state index contributed by atoms with van der Waals surface area (Å²) >= 11 is 1.39. The lowest BCUT2D eigenvalue weighted by atomic mass is 10.1. The molecule has 0 saturated carbocycles. The molecule has 0 aliphatic carbocycles. The monoisotopic (exact) mass is 373 g/mol. The van der Waals surface area contributed by atoms with Crippen LogP contribution < -0.4 is 10.6 Å². The van der Waals surface area contributed by atoms with Gasteiger partial charge in [0.2, 0.25) is 0 Å². The lowest BCUT2D eigenvalue weighted by molar-refractivity contribution is -0.00969. The number of rotatable bonds is 5. The number of benzene rings is 1. The molecular formula is C17H19N5O3S. The normalized spacial score (nSPS) is 13.4. The van der Waals surface area contributed by atoms with Crippen LogP contribution in [0.3, 0.4) is 0 Å². The first-order valence-corrected chi connectivity index (χ1v) is 8.86. The first kappa shape index (κ1) is 18.2. The third-order valence-corrected chi connectivity index (χ3v) is 4.67. The van der Waals surface area contributed by atoms with Crippen molar-refractivity contribution in [3.8, 4) is 11.1 Å². The Balaban J connectivity index is 1.86. The fourth-order valence-corrected chi connectivity index (χ4v) is 3.13. The van der Waals surface area contributed by atoms with Gasteiger partial charge in [0.05, 0.1) is 16.8 Å². The highest BCUT2D eigenvalue weighted by Crippen LogP contribution is 2.30. The summed E-state index contributed by atoms with van der Waals surface area (Å²) in [7, 11) is 0. The molecule has 4 N–H and O–H groups in total. The lowest BCUT2D eigenvalue weighted by Gasteiger charge is -2.18. The van der Waals surface area contributed by atoms with Gasteiger partial charge in [0.25, 0.3) is 0 Å². The molecule has 3 aromatic rings. The first-order chi connectivity index (χ1) is 12.4. The topological polar surface area (TPSA) is 120 Å². The molecule has 0 bridgehead atoms. The van der Waals surface area contributed by atoms with E-state index in [1.165, 1.54) is 18.3 Å². The van der Waals surface area contributed by atoms with E-state index in [1.54, 1.807) is 12.4 Å². The number of hydrogen-bond acceptors (Lipinski definition) is 7. The molecule has 2 heterocycles. The highest BCUT2D eigenvalue weighted by atomic mass is 32.1. The molecule has 0 fully saturated rings. The van der Waals surface area contributed by atoms with Crippen LogP contribution in [-0.4, -0.2) is 44.3 Å². The van der Waals surface area contributed by atoms with Crippen molar-refractivity contribution in [3.05, 3.63) is 36.4 Å². The quantitative estimate of drug-likeness (QED) is 0.544. The zero-order valence-corrected chi connectivity index (χ0v) is 15.2. The molecule has 136 valence electrons. The van der Waals surface area contributed by atoms with E-state index in [2.05, 4.69) is 25.6 Å². The van der Waals surface area contributed by atoms with Gasteiger partial charge in [-0.25, -0.2) is 19.7 Å². The molecule has 26 heavy (non-hydrogen) atoms. The van der Waals surface area contributed by atoms with E-state index in [9.17, 15) is 15.0 Å². The van der Waals surface area contributed by atoms with Crippen LogP contribution in [0.25, 0.3) is 21.3 Å². The Morgan fingerprint density at radius 2 is 2.00 bits per heavy atom. The van der Waals surface area contributed by atoms with Crippen LogP contribution in [0.15, 0.2) is 30.6 Å². The van der Waals surface area contributed by atoms with E-state index in [0.717, 1.165) is 21.3 Å². The third kappa shape index (κ3) is 3.79. The van der Waals surface area contributed by atoms with Gasteiger partial charge in [0, 0.05) is 24.5 Å². The second kappa shape index (κ2) is 7.32. The number of aromatic nitrogens is 3. The number of anilines is 1. The number of nitrogens with one attached hydrogen (secondary N) is 2. The van der Waals surface area contributed by atoms with Crippen LogP contribution >= 0.6 is 11.3 Å². The van der Waals surface area contributed by atoms with E-state index in [4.69, 9.17) is 0 Å². The van der Waals surface area contributed by atoms with Crippen LogP contribution in [0, 0.1) is 0 Å². The average Bonchev–Trinajstić information content (AvgIpc) is 3.03. The highest BCUT2D eigenvalue weighted by Gasteiger charge is 2.25. The molecule has 2 amide bonds. The number of aliphatic hydroxyl groups excluding tert-OH is 1. The number of thiazole rings is 1. The minimum atomic E-state index is -1.48. The number of aliphatic hydroxyl groups is 2. The Labute approximate surface area is 154 Å². The van der Waals surface area contributed by atoms with Gasteiger partial charge >= 0.3 is 6.03 Å². The Morgan fingerprint density at radius 1 is 1.27 bits per heavy atom. The second-order valence-corrected chi connectivity index (χ2v) is 6.94. The molecule has 1 unspecified atom stereocenters. The van der Waals surface area contributed by atoms with Crippen molar-refractivity contribution in [2.24, 2.45) is 0 Å². The van der Waals surface area contributed by atoms with Crippen molar-refractivity contribution in [3.63, 3.8) is 0 Å². The zero-order chi connectivity index (χ0) is 18.7. The average molecular weight is 373 g/mol. The zero-order valence-electron chi connectivity index (χ0n) is 14.4.